The maximum atomic E-state index is 9.73. The van der Waals surface area contributed by atoms with Crippen molar-refractivity contribution in [3.8, 4) is 16.9 Å². The van der Waals surface area contributed by atoms with E-state index in [2.05, 4.69) is 31.1 Å². The zero-order chi connectivity index (χ0) is 13.8. The molecular weight excluding hydrogens is 258 g/mol. The largest absolute Gasteiger partial charge is 0.506 e. The summed E-state index contributed by atoms with van der Waals surface area (Å²) in [6, 6.07) is 13.7. The van der Waals surface area contributed by atoms with E-state index >= 15 is 0 Å². The smallest absolute Gasteiger partial charge is 0.134 e. The molecule has 19 heavy (non-hydrogen) atoms. The van der Waals surface area contributed by atoms with Crippen molar-refractivity contribution >= 4 is 11.6 Å². The molecular formula is C16H18ClNO. The minimum atomic E-state index is 0.126. The van der Waals surface area contributed by atoms with E-state index in [1.54, 1.807) is 12.1 Å². The van der Waals surface area contributed by atoms with Gasteiger partial charge in [-0.25, -0.2) is 0 Å². The van der Waals surface area contributed by atoms with Crippen LogP contribution in [0.4, 0.5) is 0 Å². The number of aromatic hydroxyl groups is 1. The summed E-state index contributed by atoms with van der Waals surface area (Å²) in [7, 11) is 4.13. The fraction of sp³-hybridized carbons (Fsp3) is 0.250. The summed E-state index contributed by atoms with van der Waals surface area (Å²) in [6.45, 7) is 0.997. The molecule has 0 heterocycles. The summed E-state index contributed by atoms with van der Waals surface area (Å²) in [5.41, 5.74) is 3.42. The fourth-order valence-corrected chi connectivity index (χ4v) is 2.16. The minimum absolute atomic E-state index is 0.126. The number of phenols is 1. The first kappa shape index (κ1) is 13.9. The molecule has 3 heteroatoms. The number of benzene rings is 2. The lowest BCUT2D eigenvalue weighted by atomic mass is 9.97. The van der Waals surface area contributed by atoms with Crippen LogP contribution in [0.5, 0.6) is 5.75 Å². The van der Waals surface area contributed by atoms with Crippen LogP contribution in [-0.4, -0.2) is 30.6 Å². The van der Waals surface area contributed by atoms with Crippen LogP contribution in [0.15, 0.2) is 42.5 Å². The lowest BCUT2D eigenvalue weighted by Crippen LogP contribution is -2.15. The Labute approximate surface area is 119 Å². The molecule has 2 aromatic rings. The van der Waals surface area contributed by atoms with Gasteiger partial charge in [0.25, 0.3) is 0 Å². The van der Waals surface area contributed by atoms with E-state index in [-0.39, 0.29) is 5.75 Å². The highest BCUT2D eigenvalue weighted by Gasteiger charge is 2.07. The Kier molecular flexibility index (Phi) is 4.46. The topological polar surface area (TPSA) is 23.5 Å². The average Bonchev–Trinajstić information content (AvgIpc) is 2.40. The Morgan fingerprint density at radius 1 is 1.11 bits per heavy atom. The van der Waals surface area contributed by atoms with Crippen molar-refractivity contribution in [3.63, 3.8) is 0 Å². The van der Waals surface area contributed by atoms with Gasteiger partial charge in [0, 0.05) is 6.54 Å². The third-order valence-electron chi connectivity index (χ3n) is 3.10. The van der Waals surface area contributed by atoms with Crippen molar-refractivity contribution in [1.82, 2.24) is 4.90 Å². The van der Waals surface area contributed by atoms with Crippen LogP contribution in [0.25, 0.3) is 11.1 Å². The van der Waals surface area contributed by atoms with E-state index in [0.29, 0.717) is 5.02 Å². The number of likely N-dealkylation sites (N-methyl/N-ethyl adjacent to an activating group) is 1. The molecule has 0 amide bonds. The Morgan fingerprint density at radius 2 is 1.84 bits per heavy atom. The average molecular weight is 276 g/mol. The lowest BCUT2D eigenvalue weighted by molar-refractivity contribution is 0.414. The standard InChI is InChI=1S/C16H18ClNO/c1-18(2)10-9-12-5-3-4-6-14(12)13-7-8-15(17)16(19)11-13/h3-8,11,19H,9-10H2,1-2H3. The summed E-state index contributed by atoms with van der Waals surface area (Å²) in [5, 5.41) is 10.1. The highest BCUT2D eigenvalue weighted by Crippen LogP contribution is 2.31. The molecule has 0 bridgehead atoms. The first-order valence-electron chi connectivity index (χ1n) is 6.29. The van der Waals surface area contributed by atoms with E-state index < -0.39 is 0 Å². The van der Waals surface area contributed by atoms with Gasteiger partial charge in [-0.05, 0) is 49.3 Å². The van der Waals surface area contributed by atoms with Gasteiger partial charge in [0.15, 0.2) is 0 Å². The number of hydrogen-bond acceptors (Lipinski definition) is 2. The van der Waals surface area contributed by atoms with Gasteiger partial charge < -0.3 is 10.0 Å². The molecule has 0 saturated heterocycles. The molecule has 0 spiro atoms. The maximum absolute atomic E-state index is 9.73. The van der Waals surface area contributed by atoms with Gasteiger partial charge in [-0.2, -0.15) is 0 Å². The van der Waals surface area contributed by atoms with E-state index in [1.165, 1.54) is 5.56 Å². The molecule has 100 valence electrons. The van der Waals surface area contributed by atoms with Crippen molar-refractivity contribution in [2.45, 2.75) is 6.42 Å². The van der Waals surface area contributed by atoms with E-state index in [1.807, 2.05) is 18.2 Å². The predicted octanol–water partition coefficient (Wildman–Crippen LogP) is 3.82. The van der Waals surface area contributed by atoms with Crippen molar-refractivity contribution in [2.24, 2.45) is 0 Å². The van der Waals surface area contributed by atoms with Gasteiger partial charge in [0.2, 0.25) is 0 Å². The number of nitrogens with zero attached hydrogens (tertiary/aromatic N) is 1. The second kappa shape index (κ2) is 6.09. The van der Waals surface area contributed by atoms with E-state index in [9.17, 15) is 5.11 Å². The van der Waals surface area contributed by atoms with E-state index in [4.69, 9.17) is 11.6 Å². The second-order valence-electron chi connectivity index (χ2n) is 4.88. The monoisotopic (exact) mass is 275 g/mol. The first-order chi connectivity index (χ1) is 9.08. The molecule has 0 radical (unpaired) electrons. The van der Waals surface area contributed by atoms with Gasteiger partial charge in [-0.15, -0.1) is 0 Å². The van der Waals surface area contributed by atoms with Crippen LogP contribution in [0.2, 0.25) is 5.02 Å². The molecule has 0 aliphatic rings. The Hall–Kier alpha value is -1.51. The van der Waals surface area contributed by atoms with Crippen LogP contribution in [0.3, 0.4) is 0 Å². The van der Waals surface area contributed by atoms with E-state index in [0.717, 1.165) is 24.1 Å². The minimum Gasteiger partial charge on any atom is -0.506 e. The normalized spacial score (nSPS) is 10.9. The highest BCUT2D eigenvalue weighted by atomic mass is 35.5. The van der Waals surface area contributed by atoms with Crippen LogP contribution in [0.1, 0.15) is 5.56 Å². The third-order valence-corrected chi connectivity index (χ3v) is 3.42. The Morgan fingerprint density at radius 3 is 2.53 bits per heavy atom. The molecule has 0 saturated carbocycles. The quantitative estimate of drug-likeness (QED) is 0.917. The van der Waals surface area contributed by atoms with Crippen LogP contribution in [-0.2, 0) is 6.42 Å². The first-order valence-corrected chi connectivity index (χ1v) is 6.67. The lowest BCUT2D eigenvalue weighted by Gasteiger charge is -2.13. The fourth-order valence-electron chi connectivity index (χ4n) is 2.04. The highest BCUT2D eigenvalue weighted by molar-refractivity contribution is 6.32. The number of rotatable bonds is 4. The second-order valence-corrected chi connectivity index (χ2v) is 5.28. The van der Waals surface area contributed by atoms with Crippen LogP contribution < -0.4 is 0 Å². The number of phenolic OH excluding ortho intramolecular Hbond substituents is 1. The Bertz CT molecular complexity index is 566. The zero-order valence-corrected chi connectivity index (χ0v) is 12.0. The van der Waals surface area contributed by atoms with Gasteiger partial charge >= 0.3 is 0 Å². The summed E-state index contributed by atoms with van der Waals surface area (Å²) in [4.78, 5) is 2.16. The molecule has 2 aromatic carbocycles. The van der Waals surface area contributed by atoms with Crippen LogP contribution >= 0.6 is 11.6 Å². The molecule has 0 aliphatic carbocycles. The van der Waals surface area contributed by atoms with Gasteiger partial charge in [0.05, 0.1) is 5.02 Å². The zero-order valence-electron chi connectivity index (χ0n) is 11.2. The van der Waals surface area contributed by atoms with Crippen LogP contribution in [0, 0.1) is 0 Å². The van der Waals surface area contributed by atoms with Gasteiger partial charge in [-0.3, -0.25) is 0 Å². The SMILES string of the molecule is CN(C)CCc1ccccc1-c1ccc(Cl)c(O)c1. The predicted molar refractivity (Wildman–Crippen MR) is 80.8 cm³/mol. The molecule has 1 N–H and O–H groups in total. The maximum Gasteiger partial charge on any atom is 0.134 e. The van der Waals surface area contributed by atoms with Crippen molar-refractivity contribution in [3.05, 3.63) is 53.1 Å². The van der Waals surface area contributed by atoms with Crippen molar-refractivity contribution < 1.29 is 5.11 Å². The summed E-state index contributed by atoms with van der Waals surface area (Å²) in [6.07, 6.45) is 0.979. The summed E-state index contributed by atoms with van der Waals surface area (Å²) < 4.78 is 0. The number of hydrogen-bond donors (Lipinski definition) is 1. The molecule has 0 fully saturated rings. The van der Waals surface area contributed by atoms with Gasteiger partial charge in [0.1, 0.15) is 5.75 Å². The Balaban J connectivity index is 2.35. The molecule has 0 aliphatic heterocycles. The summed E-state index contributed by atoms with van der Waals surface area (Å²) >= 11 is 5.85. The number of halogens is 1. The molecule has 0 unspecified atom stereocenters. The van der Waals surface area contributed by atoms with Crippen molar-refractivity contribution in [2.75, 3.05) is 20.6 Å². The summed E-state index contributed by atoms with van der Waals surface area (Å²) in [5.74, 6) is 0.126. The molecule has 2 nitrogen and oxygen atoms in total. The van der Waals surface area contributed by atoms with Crippen molar-refractivity contribution in [1.29, 1.82) is 0 Å². The molecule has 2 rings (SSSR count). The molecule has 0 aromatic heterocycles. The third kappa shape index (κ3) is 3.49. The van der Waals surface area contributed by atoms with Gasteiger partial charge in [-0.1, -0.05) is 41.9 Å². The molecule has 0 atom stereocenters.